The molecule has 0 bridgehead atoms. The average Bonchev–Trinajstić information content (AvgIpc) is 2.12. The first-order valence-corrected chi connectivity index (χ1v) is 6.23. The summed E-state index contributed by atoms with van der Waals surface area (Å²) < 4.78 is 0. The second-order valence-electron chi connectivity index (χ2n) is 5.29. The maximum atomic E-state index is 3.55. The van der Waals surface area contributed by atoms with Crippen LogP contribution in [0.5, 0.6) is 0 Å². The predicted molar refractivity (Wildman–Crippen MR) is 72.1 cm³/mol. The monoisotopic (exact) mass is 219 g/mol. The van der Waals surface area contributed by atoms with Crippen LogP contribution in [0.25, 0.3) is 0 Å². The van der Waals surface area contributed by atoms with E-state index in [1.54, 1.807) is 0 Å². The Morgan fingerprint density at radius 1 is 0.938 bits per heavy atom. The third-order valence-corrected chi connectivity index (χ3v) is 3.10. The van der Waals surface area contributed by atoms with Crippen LogP contribution in [-0.2, 0) is 6.42 Å². The van der Waals surface area contributed by atoms with E-state index in [0.717, 1.165) is 6.42 Å². The SMILES string of the molecule is Cc1cc(C)c(CC(C)NC(C)C)cc1C. The third-order valence-electron chi connectivity index (χ3n) is 3.10. The maximum Gasteiger partial charge on any atom is 0.00816 e. The van der Waals surface area contributed by atoms with E-state index in [9.17, 15) is 0 Å². The van der Waals surface area contributed by atoms with Crippen molar-refractivity contribution in [1.82, 2.24) is 5.32 Å². The van der Waals surface area contributed by atoms with Crippen LogP contribution in [0, 0.1) is 20.8 Å². The van der Waals surface area contributed by atoms with Crippen molar-refractivity contribution in [3.8, 4) is 0 Å². The first-order valence-electron chi connectivity index (χ1n) is 6.23. The van der Waals surface area contributed by atoms with Crippen molar-refractivity contribution in [3.63, 3.8) is 0 Å². The van der Waals surface area contributed by atoms with Crippen LogP contribution >= 0.6 is 0 Å². The Hall–Kier alpha value is -0.820. The fourth-order valence-corrected chi connectivity index (χ4v) is 2.20. The van der Waals surface area contributed by atoms with E-state index < -0.39 is 0 Å². The van der Waals surface area contributed by atoms with E-state index in [4.69, 9.17) is 0 Å². The molecule has 0 fully saturated rings. The van der Waals surface area contributed by atoms with E-state index >= 15 is 0 Å². The van der Waals surface area contributed by atoms with Gasteiger partial charge < -0.3 is 5.32 Å². The van der Waals surface area contributed by atoms with Crippen molar-refractivity contribution in [1.29, 1.82) is 0 Å². The molecule has 0 spiro atoms. The van der Waals surface area contributed by atoms with Crippen molar-refractivity contribution in [2.45, 2.75) is 60.0 Å². The molecule has 0 aliphatic carbocycles. The molecule has 1 heteroatoms. The highest BCUT2D eigenvalue weighted by molar-refractivity contribution is 5.36. The second-order valence-corrected chi connectivity index (χ2v) is 5.29. The molecule has 0 aliphatic rings. The molecule has 1 nitrogen and oxygen atoms in total. The molecule has 1 aromatic carbocycles. The van der Waals surface area contributed by atoms with Gasteiger partial charge in [-0.3, -0.25) is 0 Å². The Kier molecular flexibility index (Phi) is 4.55. The summed E-state index contributed by atoms with van der Waals surface area (Å²) in [6, 6.07) is 5.73. The summed E-state index contributed by atoms with van der Waals surface area (Å²) in [5, 5.41) is 3.55. The number of rotatable bonds is 4. The number of hydrogen-bond donors (Lipinski definition) is 1. The molecule has 0 amide bonds. The molecular formula is C15H25N. The van der Waals surface area contributed by atoms with Crippen LogP contribution in [0.15, 0.2) is 12.1 Å². The van der Waals surface area contributed by atoms with E-state index in [2.05, 4.69) is 59.0 Å². The lowest BCUT2D eigenvalue weighted by molar-refractivity contribution is 0.487. The van der Waals surface area contributed by atoms with Crippen LogP contribution in [-0.4, -0.2) is 12.1 Å². The Bertz CT molecular complexity index is 353. The van der Waals surface area contributed by atoms with Crippen molar-refractivity contribution >= 4 is 0 Å². The molecule has 0 radical (unpaired) electrons. The van der Waals surface area contributed by atoms with Gasteiger partial charge in [-0.2, -0.15) is 0 Å². The van der Waals surface area contributed by atoms with Crippen molar-refractivity contribution in [2.24, 2.45) is 0 Å². The number of nitrogens with one attached hydrogen (secondary N) is 1. The van der Waals surface area contributed by atoms with Gasteiger partial charge in [0, 0.05) is 12.1 Å². The molecule has 0 saturated carbocycles. The van der Waals surface area contributed by atoms with Gasteiger partial charge in [0.15, 0.2) is 0 Å². The molecule has 1 atom stereocenters. The zero-order valence-electron chi connectivity index (χ0n) is 11.5. The summed E-state index contributed by atoms with van der Waals surface area (Å²) in [5.41, 5.74) is 5.69. The minimum atomic E-state index is 0.542. The first-order chi connectivity index (χ1) is 7.40. The van der Waals surface area contributed by atoms with Crippen LogP contribution in [0.1, 0.15) is 43.0 Å². The summed E-state index contributed by atoms with van der Waals surface area (Å²) in [4.78, 5) is 0. The molecule has 0 heterocycles. The number of hydrogen-bond acceptors (Lipinski definition) is 1. The topological polar surface area (TPSA) is 12.0 Å². The third kappa shape index (κ3) is 3.64. The van der Waals surface area contributed by atoms with Gasteiger partial charge in [-0.1, -0.05) is 26.0 Å². The largest absolute Gasteiger partial charge is 0.312 e. The highest BCUT2D eigenvalue weighted by Gasteiger charge is 2.08. The maximum absolute atomic E-state index is 3.55. The highest BCUT2D eigenvalue weighted by atomic mass is 14.9. The number of aryl methyl sites for hydroxylation is 3. The lowest BCUT2D eigenvalue weighted by Crippen LogP contribution is -2.34. The van der Waals surface area contributed by atoms with Gasteiger partial charge in [-0.15, -0.1) is 0 Å². The second kappa shape index (κ2) is 5.49. The molecular weight excluding hydrogens is 194 g/mol. The van der Waals surface area contributed by atoms with E-state index in [0.29, 0.717) is 12.1 Å². The Morgan fingerprint density at radius 2 is 1.50 bits per heavy atom. The molecule has 90 valence electrons. The smallest absolute Gasteiger partial charge is 0.00816 e. The average molecular weight is 219 g/mol. The minimum absolute atomic E-state index is 0.542. The zero-order valence-corrected chi connectivity index (χ0v) is 11.5. The molecule has 0 saturated heterocycles. The number of benzene rings is 1. The van der Waals surface area contributed by atoms with Gasteiger partial charge in [-0.05, 0) is 56.4 Å². The zero-order chi connectivity index (χ0) is 12.3. The standard InChI is InChI=1S/C15H25N/c1-10(2)16-14(6)9-15-8-12(4)11(3)7-13(15)5/h7-8,10,14,16H,9H2,1-6H3. The van der Waals surface area contributed by atoms with E-state index in [1.165, 1.54) is 22.3 Å². The Morgan fingerprint density at radius 3 is 2.06 bits per heavy atom. The predicted octanol–water partition coefficient (Wildman–Crippen LogP) is 3.54. The van der Waals surface area contributed by atoms with Gasteiger partial charge in [0.05, 0.1) is 0 Å². The summed E-state index contributed by atoms with van der Waals surface area (Å²) >= 11 is 0. The van der Waals surface area contributed by atoms with Crippen LogP contribution in [0.2, 0.25) is 0 Å². The highest BCUT2D eigenvalue weighted by Crippen LogP contribution is 2.16. The lowest BCUT2D eigenvalue weighted by Gasteiger charge is -2.18. The molecule has 1 aromatic rings. The minimum Gasteiger partial charge on any atom is -0.312 e. The van der Waals surface area contributed by atoms with Gasteiger partial charge in [0.2, 0.25) is 0 Å². The normalized spacial score (nSPS) is 13.2. The van der Waals surface area contributed by atoms with Gasteiger partial charge in [-0.25, -0.2) is 0 Å². The fourth-order valence-electron chi connectivity index (χ4n) is 2.20. The molecule has 16 heavy (non-hydrogen) atoms. The lowest BCUT2D eigenvalue weighted by atomic mass is 9.96. The van der Waals surface area contributed by atoms with Crippen molar-refractivity contribution in [2.75, 3.05) is 0 Å². The van der Waals surface area contributed by atoms with Gasteiger partial charge >= 0.3 is 0 Å². The summed E-state index contributed by atoms with van der Waals surface area (Å²) in [6.45, 7) is 13.2. The van der Waals surface area contributed by atoms with Crippen molar-refractivity contribution in [3.05, 3.63) is 34.4 Å². The summed E-state index contributed by atoms with van der Waals surface area (Å²) in [6.07, 6.45) is 1.12. The fraction of sp³-hybridized carbons (Fsp3) is 0.600. The van der Waals surface area contributed by atoms with Crippen LogP contribution < -0.4 is 5.32 Å². The molecule has 1 rings (SSSR count). The first kappa shape index (κ1) is 13.2. The van der Waals surface area contributed by atoms with E-state index in [1.807, 2.05) is 0 Å². The Balaban J connectivity index is 2.77. The van der Waals surface area contributed by atoms with Crippen molar-refractivity contribution < 1.29 is 0 Å². The summed E-state index contributed by atoms with van der Waals surface area (Å²) in [5.74, 6) is 0. The molecule has 1 unspecified atom stereocenters. The van der Waals surface area contributed by atoms with E-state index in [-0.39, 0.29) is 0 Å². The molecule has 1 N–H and O–H groups in total. The van der Waals surface area contributed by atoms with Crippen LogP contribution in [0.3, 0.4) is 0 Å². The quantitative estimate of drug-likeness (QED) is 0.816. The van der Waals surface area contributed by atoms with Gasteiger partial charge in [0.25, 0.3) is 0 Å². The molecule has 0 aromatic heterocycles. The van der Waals surface area contributed by atoms with Crippen LogP contribution in [0.4, 0.5) is 0 Å². The summed E-state index contributed by atoms with van der Waals surface area (Å²) in [7, 11) is 0. The Labute approximate surface area is 100 Å². The van der Waals surface area contributed by atoms with Gasteiger partial charge in [0.1, 0.15) is 0 Å². The molecule has 0 aliphatic heterocycles.